The highest BCUT2D eigenvalue weighted by atomic mass is 15.3. The van der Waals surface area contributed by atoms with Crippen molar-refractivity contribution in [3.05, 3.63) is 42.2 Å². The number of aliphatic imine (C=N–C) groups is 2. The number of fused-ring (bicyclic) bond motifs is 1. The monoisotopic (exact) mass is 253 g/mol. The third-order valence-corrected chi connectivity index (χ3v) is 3.10. The summed E-state index contributed by atoms with van der Waals surface area (Å²) in [6.07, 6.45) is 3.66. The molecule has 0 bridgehead atoms. The number of rotatable bonds is 2. The van der Waals surface area contributed by atoms with Gasteiger partial charge < -0.3 is 10.2 Å². The molecule has 1 aliphatic rings. The Kier molecular flexibility index (Phi) is 3.10. The Morgan fingerprint density at radius 3 is 3.00 bits per heavy atom. The van der Waals surface area contributed by atoms with Gasteiger partial charge in [0.05, 0.1) is 25.2 Å². The maximum atomic E-state index is 4.48. The molecule has 5 heteroatoms. The van der Waals surface area contributed by atoms with Crippen LogP contribution in [0.5, 0.6) is 0 Å². The van der Waals surface area contributed by atoms with E-state index in [1.165, 1.54) is 10.8 Å². The third kappa shape index (κ3) is 2.40. The average molecular weight is 253 g/mol. The van der Waals surface area contributed by atoms with Crippen LogP contribution in [-0.2, 0) is 6.54 Å². The van der Waals surface area contributed by atoms with E-state index < -0.39 is 0 Å². The molecule has 2 aromatic rings. The average Bonchev–Trinajstić information content (AvgIpc) is 2.48. The fraction of sp³-hybridized carbons (Fsp3) is 0.214. The van der Waals surface area contributed by atoms with Gasteiger partial charge in [0.15, 0.2) is 0 Å². The Labute approximate surface area is 111 Å². The molecule has 0 fully saturated rings. The fourth-order valence-electron chi connectivity index (χ4n) is 2.13. The zero-order valence-corrected chi connectivity index (χ0v) is 10.7. The van der Waals surface area contributed by atoms with Crippen LogP contribution in [0.2, 0.25) is 0 Å². The molecular formula is C14H15N5. The molecule has 0 atom stereocenters. The molecule has 0 unspecified atom stereocenters. The van der Waals surface area contributed by atoms with Crippen molar-refractivity contribution in [1.29, 1.82) is 0 Å². The van der Waals surface area contributed by atoms with Crippen molar-refractivity contribution in [2.45, 2.75) is 6.54 Å². The number of hydrogen-bond donors (Lipinski definition) is 1. The lowest BCUT2D eigenvalue weighted by Crippen LogP contribution is -2.40. The van der Waals surface area contributed by atoms with Gasteiger partial charge in [-0.05, 0) is 11.5 Å². The smallest absolute Gasteiger partial charge is 0.220 e. The topological polar surface area (TPSA) is 52.9 Å². The standard InChI is InChI=1S/C14H15N5/c1-15-14-17-9-19(10-18-14)8-13-12-5-3-2-4-11(12)6-7-16-13/h2-7,9H,8,10H2,1H3,(H,15,18). The summed E-state index contributed by atoms with van der Waals surface area (Å²) in [4.78, 5) is 14.8. The SMILES string of the molecule is CN=C1N=CN(Cc2nccc3ccccc23)CN1. The van der Waals surface area contributed by atoms with Gasteiger partial charge in [0, 0.05) is 18.6 Å². The van der Waals surface area contributed by atoms with E-state index in [1.54, 1.807) is 7.05 Å². The Bertz CT molecular complexity index is 642. The molecule has 96 valence electrons. The molecule has 19 heavy (non-hydrogen) atoms. The van der Waals surface area contributed by atoms with E-state index in [2.05, 4.69) is 37.3 Å². The highest BCUT2D eigenvalue weighted by molar-refractivity contribution is 5.89. The maximum absolute atomic E-state index is 4.48. The zero-order chi connectivity index (χ0) is 13.1. The van der Waals surface area contributed by atoms with E-state index >= 15 is 0 Å². The number of pyridine rings is 1. The molecule has 0 saturated heterocycles. The quantitative estimate of drug-likeness (QED) is 0.884. The molecule has 2 heterocycles. The van der Waals surface area contributed by atoms with Gasteiger partial charge in [-0.1, -0.05) is 24.3 Å². The largest absolute Gasteiger partial charge is 0.339 e. The summed E-state index contributed by atoms with van der Waals surface area (Å²) in [6, 6.07) is 10.3. The van der Waals surface area contributed by atoms with Gasteiger partial charge in [-0.15, -0.1) is 0 Å². The predicted octanol–water partition coefficient (Wildman–Crippen LogP) is 1.61. The molecule has 0 amide bonds. The normalized spacial score (nSPS) is 16.9. The first kappa shape index (κ1) is 11.6. The van der Waals surface area contributed by atoms with Crippen molar-refractivity contribution in [2.24, 2.45) is 9.98 Å². The highest BCUT2D eigenvalue weighted by Gasteiger charge is 2.10. The number of guanidine groups is 1. The molecule has 0 radical (unpaired) electrons. The minimum absolute atomic E-state index is 0.669. The Morgan fingerprint density at radius 2 is 2.21 bits per heavy atom. The van der Waals surface area contributed by atoms with Crippen molar-refractivity contribution in [3.63, 3.8) is 0 Å². The van der Waals surface area contributed by atoms with Crippen molar-refractivity contribution in [2.75, 3.05) is 13.7 Å². The summed E-state index contributed by atoms with van der Waals surface area (Å²) in [5.41, 5.74) is 1.06. The van der Waals surface area contributed by atoms with Crippen molar-refractivity contribution >= 4 is 23.1 Å². The van der Waals surface area contributed by atoms with E-state index in [1.807, 2.05) is 30.7 Å². The molecule has 5 nitrogen and oxygen atoms in total. The molecule has 1 aliphatic heterocycles. The lowest BCUT2D eigenvalue weighted by molar-refractivity contribution is 0.404. The summed E-state index contributed by atoms with van der Waals surface area (Å²) in [6.45, 7) is 1.43. The van der Waals surface area contributed by atoms with E-state index in [9.17, 15) is 0 Å². The number of nitrogens with zero attached hydrogens (tertiary/aromatic N) is 4. The van der Waals surface area contributed by atoms with E-state index in [0.29, 0.717) is 12.6 Å². The Morgan fingerprint density at radius 1 is 1.32 bits per heavy atom. The first-order chi connectivity index (χ1) is 9.36. The Hall–Kier alpha value is -2.43. The highest BCUT2D eigenvalue weighted by Crippen LogP contribution is 2.17. The van der Waals surface area contributed by atoms with Gasteiger partial charge in [-0.3, -0.25) is 9.98 Å². The molecule has 3 rings (SSSR count). The molecule has 1 aromatic heterocycles. The molecule has 1 aromatic carbocycles. The zero-order valence-electron chi connectivity index (χ0n) is 10.7. The van der Waals surface area contributed by atoms with Gasteiger partial charge in [0.25, 0.3) is 0 Å². The molecule has 0 saturated carbocycles. The number of hydrogen-bond acceptors (Lipinski definition) is 3. The van der Waals surface area contributed by atoms with Crippen LogP contribution in [0.3, 0.4) is 0 Å². The molecule has 0 aliphatic carbocycles. The maximum Gasteiger partial charge on any atom is 0.220 e. The van der Waals surface area contributed by atoms with Crippen LogP contribution >= 0.6 is 0 Å². The summed E-state index contributed by atoms with van der Waals surface area (Å²) >= 11 is 0. The summed E-state index contributed by atoms with van der Waals surface area (Å²) in [7, 11) is 1.72. The fourth-order valence-corrected chi connectivity index (χ4v) is 2.13. The summed E-state index contributed by atoms with van der Waals surface area (Å²) in [5.74, 6) is 0.669. The van der Waals surface area contributed by atoms with Crippen LogP contribution in [0.25, 0.3) is 10.8 Å². The lowest BCUT2D eigenvalue weighted by atomic mass is 10.1. The number of nitrogens with one attached hydrogen (secondary N) is 1. The van der Waals surface area contributed by atoms with Gasteiger partial charge in [0.2, 0.25) is 5.96 Å². The van der Waals surface area contributed by atoms with Gasteiger partial charge in [-0.25, -0.2) is 4.99 Å². The molecule has 1 N–H and O–H groups in total. The van der Waals surface area contributed by atoms with E-state index in [4.69, 9.17) is 0 Å². The van der Waals surface area contributed by atoms with E-state index in [0.717, 1.165) is 12.2 Å². The summed E-state index contributed by atoms with van der Waals surface area (Å²) < 4.78 is 0. The van der Waals surface area contributed by atoms with Crippen LogP contribution in [0.1, 0.15) is 5.69 Å². The number of benzene rings is 1. The van der Waals surface area contributed by atoms with Gasteiger partial charge >= 0.3 is 0 Å². The van der Waals surface area contributed by atoms with Crippen LogP contribution < -0.4 is 5.32 Å². The lowest BCUT2D eigenvalue weighted by Gasteiger charge is -2.24. The second-order valence-electron chi connectivity index (χ2n) is 4.35. The predicted molar refractivity (Wildman–Crippen MR) is 77.1 cm³/mol. The van der Waals surface area contributed by atoms with Gasteiger partial charge in [0.1, 0.15) is 0 Å². The van der Waals surface area contributed by atoms with Crippen LogP contribution in [0.15, 0.2) is 46.5 Å². The van der Waals surface area contributed by atoms with Crippen molar-refractivity contribution in [1.82, 2.24) is 15.2 Å². The minimum Gasteiger partial charge on any atom is -0.339 e. The minimum atomic E-state index is 0.669. The third-order valence-electron chi connectivity index (χ3n) is 3.10. The van der Waals surface area contributed by atoms with Crippen molar-refractivity contribution in [3.8, 4) is 0 Å². The summed E-state index contributed by atoms with van der Waals surface area (Å²) in [5, 5.41) is 5.54. The second kappa shape index (κ2) is 5.06. The van der Waals surface area contributed by atoms with Crippen LogP contribution in [-0.4, -0.2) is 35.9 Å². The van der Waals surface area contributed by atoms with Crippen LogP contribution in [0.4, 0.5) is 0 Å². The second-order valence-corrected chi connectivity index (χ2v) is 4.35. The Balaban J connectivity index is 1.86. The first-order valence-corrected chi connectivity index (χ1v) is 6.18. The first-order valence-electron chi connectivity index (χ1n) is 6.18. The van der Waals surface area contributed by atoms with Crippen molar-refractivity contribution < 1.29 is 0 Å². The number of aromatic nitrogens is 1. The van der Waals surface area contributed by atoms with E-state index in [-0.39, 0.29) is 0 Å². The van der Waals surface area contributed by atoms with Crippen LogP contribution in [0, 0.1) is 0 Å². The van der Waals surface area contributed by atoms with Gasteiger partial charge in [-0.2, -0.15) is 0 Å². The molecule has 0 spiro atoms. The molecular weight excluding hydrogens is 238 g/mol.